The standard InChI is InChI=1S/C20H17ClN2O3/c1-3-10-26-19-12-16(25-2)9-8-14(19)11-15(13-22)20(24)23-18-7-5-4-6-17(18)21/h3-9,11-12H,1,10H2,2H3,(H,23,24)/b15-11+. The first-order valence-electron chi connectivity index (χ1n) is 7.68. The van der Waals surface area contributed by atoms with Crippen LogP contribution >= 0.6 is 11.6 Å². The molecule has 0 radical (unpaired) electrons. The lowest BCUT2D eigenvalue weighted by atomic mass is 10.1. The molecule has 0 unspecified atom stereocenters. The zero-order chi connectivity index (χ0) is 18.9. The summed E-state index contributed by atoms with van der Waals surface area (Å²) in [6.07, 6.45) is 3.05. The molecule has 0 saturated heterocycles. The molecular formula is C20H17ClN2O3. The van der Waals surface area contributed by atoms with Gasteiger partial charge in [0.05, 0.1) is 17.8 Å². The number of nitriles is 1. The Kier molecular flexibility index (Phi) is 6.84. The van der Waals surface area contributed by atoms with E-state index in [4.69, 9.17) is 21.1 Å². The highest BCUT2D eigenvalue weighted by Gasteiger charge is 2.13. The van der Waals surface area contributed by atoms with Crippen molar-refractivity contribution in [1.82, 2.24) is 0 Å². The van der Waals surface area contributed by atoms with Crippen LogP contribution in [0.5, 0.6) is 11.5 Å². The monoisotopic (exact) mass is 368 g/mol. The average Bonchev–Trinajstić information content (AvgIpc) is 2.66. The number of anilines is 1. The molecule has 0 aliphatic rings. The van der Waals surface area contributed by atoms with Gasteiger partial charge >= 0.3 is 0 Å². The predicted octanol–water partition coefficient (Wildman–Crippen LogP) is 4.46. The Morgan fingerprint density at radius 1 is 1.35 bits per heavy atom. The number of ether oxygens (including phenoxy) is 2. The lowest BCUT2D eigenvalue weighted by Crippen LogP contribution is -2.13. The van der Waals surface area contributed by atoms with Crippen LogP contribution in [0.1, 0.15) is 5.56 Å². The van der Waals surface area contributed by atoms with Crippen LogP contribution in [0.15, 0.2) is 60.7 Å². The number of rotatable bonds is 7. The molecule has 0 aliphatic carbocycles. The Balaban J connectivity index is 2.32. The largest absolute Gasteiger partial charge is 0.497 e. The van der Waals surface area contributed by atoms with Gasteiger partial charge in [0.2, 0.25) is 0 Å². The number of para-hydroxylation sites is 1. The van der Waals surface area contributed by atoms with Crippen molar-refractivity contribution in [1.29, 1.82) is 5.26 Å². The summed E-state index contributed by atoms with van der Waals surface area (Å²) >= 11 is 6.03. The van der Waals surface area contributed by atoms with Crippen LogP contribution in [0.25, 0.3) is 6.08 Å². The molecule has 0 heterocycles. The van der Waals surface area contributed by atoms with E-state index in [1.165, 1.54) is 6.08 Å². The number of nitrogens with zero attached hydrogens (tertiary/aromatic N) is 1. The molecule has 2 aromatic rings. The van der Waals surface area contributed by atoms with Crippen LogP contribution in [-0.4, -0.2) is 19.6 Å². The second kappa shape index (κ2) is 9.30. The summed E-state index contributed by atoms with van der Waals surface area (Å²) in [5.74, 6) is 0.508. The van der Waals surface area contributed by atoms with E-state index >= 15 is 0 Å². The van der Waals surface area contributed by atoms with Gasteiger partial charge in [-0.15, -0.1) is 0 Å². The Morgan fingerprint density at radius 2 is 2.12 bits per heavy atom. The minimum atomic E-state index is -0.564. The van der Waals surface area contributed by atoms with Crippen molar-refractivity contribution in [2.75, 3.05) is 19.0 Å². The SMILES string of the molecule is C=CCOc1cc(OC)ccc1/C=C(\C#N)C(=O)Nc1ccccc1Cl. The summed E-state index contributed by atoms with van der Waals surface area (Å²) < 4.78 is 10.8. The fourth-order valence-electron chi connectivity index (χ4n) is 2.09. The lowest BCUT2D eigenvalue weighted by Gasteiger charge is -2.10. The zero-order valence-corrected chi connectivity index (χ0v) is 14.9. The maximum absolute atomic E-state index is 12.4. The summed E-state index contributed by atoms with van der Waals surface area (Å²) in [5, 5.41) is 12.4. The normalized spacial score (nSPS) is 10.6. The third kappa shape index (κ3) is 4.88. The molecule has 0 spiro atoms. The molecule has 5 nitrogen and oxygen atoms in total. The van der Waals surface area contributed by atoms with E-state index in [9.17, 15) is 10.1 Å². The van der Waals surface area contributed by atoms with Gasteiger partial charge in [-0.05, 0) is 30.3 Å². The number of benzene rings is 2. The first-order chi connectivity index (χ1) is 12.6. The molecule has 6 heteroatoms. The predicted molar refractivity (Wildman–Crippen MR) is 102 cm³/mol. The zero-order valence-electron chi connectivity index (χ0n) is 14.2. The van der Waals surface area contributed by atoms with E-state index in [1.807, 2.05) is 6.07 Å². The minimum Gasteiger partial charge on any atom is -0.497 e. The summed E-state index contributed by atoms with van der Waals surface area (Å²) in [6, 6.07) is 13.8. The molecule has 132 valence electrons. The highest BCUT2D eigenvalue weighted by atomic mass is 35.5. The molecule has 2 rings (SSSR count). The Morgan fingerprint density at radius 3 is 2.77 bits per heavy atom. The fourth-order valence-corrected chi connectivity index (χ4v) is 2.27. The van der Waals surface area contributed by atoms with Gasteiger partial charge in [-0.25, -0.2) is 0 Å². The van der Waals surface area contributed by atoms with Crippen molar-refractivity contribution in [3.05, 3.63) is 71.3 Å². The number of amides is 1. The van der Waals surface area contributed by atoms with Crippen LogP contribution in [0.3, 0.4) is 0 Å². The quantitative estimate of drug-likeness (QED) is 0.445. The van der Waals surface area contributed by atoms with E-state index in [0.717, 1.165) is 0 Å². The van der Waals surface area contributed by atoms with Crippen LogP contribution in [0.4, 0.5) is 5.69 Å². The summed E-state index contributed by atoms with van der Waals surface area (Å²) in [4.78, 5) is 12.4. The van der Waals surface area contributed by atoms with Crippen LogP contribution in [0, 0.1) is 11.3 Å². The number of halogens is 1. The van der Waals surface area contributed by atoms with Crippen LogP contribution < -0.4 is 14.8 Å². The van der Waals surface area contributed by atoms with Crippen molar-refractivity contribution in [2.24, 2.45) is 0 Å². The van der Waals surface area contributed by atoms with E-state index in [-0.39, 0.29) is 12.2 Å². The van der Waals surface area contributed by atoms with Crippen LogP contribution in [0.2, 0.25) is 5.02 Å². The topological polar surface area (TPSA) is 71.3 Å². The molecule has 2 aromatic carbocycles. The van der Waals surface area contributed by atoms with E-state index in [2.05, 4.69) is 11.9 Å². The van der Waals surface area contributed by atoms with Gasteiger partial charge in [-0.3, -0.25) is 4.79 Å². The van der Waals surface area contributed by atoms with E-state index in [0.29, 0.717) is 27.8 Å². The van der Waals surface area contributed by atoms with Gasteiger partial charge in [0.15, 0.2) is 0 Å². The van der Waals surface area contributed by atoms with Crippen molar-refractivity contribution in [3.8, 4) is 17.6 Å². The second-order valence-electron chi connectivity index (χ2n) is 5.11. The third-order valence-electron chi connectivity index (χ3n) is 3.36. The molecule has 0 aromatic heterocycles. The molecule has 0 saturated carbocycles. The van der Waals surface area contributed by atoms with Gasteiger partial charge in [-0.2, -0.15) is 5.26 Å². The molecule has 0 bridgehead atoms. The molecule has 1 amide bonds. The van der Waals surface area contributed by atoms with Crippen LogP contribution in [-0.2, 0) is 4.79 Å². The summed E-state index contributed by atoms with van der Waals surface area (Å²) in [7, 11) is 1.54. The maximum atomic E-state index is 12.4. The molecular weight excluding hydrogens is 352 g/mol. The van der Waals surface area contributed by atoms with Gasteiger partial charge in [-0.1, -0.05) is 36.4 Å². The van der Waals surface area contributed by atoms with Gasteiger partial charge in [0.25, 0.3) is 5.91 Å². The van der Waals surface area contributed by atoms with Crippen molar-refractivity contribution in [2.45, 2.75) is 0 Å². The van der Waals surface area contributed by atoms with Crippen molar-refractivity contribution < 1.29 is 14.3 Å². The first kappa shape index (κ1) is 19.1. The Bertz CT molecular complexity index is 885. The maximum Gasteiger partial charge on any atom is 0.266 e. The highest BCUT2D eigenvalue weighted by Crippen LogP contribution is 2.27. The molecule has 1 N–H and O–H groups in total. The van der Waals surface area contributed by atoms with E-state index in [1.54, 1.807) is 55.7 Å². The first-order valence-corrected chi connectivity index (χ1v) is 8.06. The van der Waals surface area contributed by atoms with Gasteiger partial charge < -0.3 is 14.8 Å². The number of carbonyl (C=O) groups is 1. The van der Waals surface area contributed by atoms with Crippen molar-refractivity contribution >= 4 is 29.3 Å². The number of nitrogens with one attached hydrogen (secondary N) is 1. The number of hydrogen-bond acceptors (Lipinski definition) is 4. The van der Waals surface area contributed by atoms with Gasteiger partial charge in [0, 0.05) is 11.6 Å². The lowest BCUT2D eigenvalue weighted by molar-refractivity contribution is -0.112. The highest BCUT2D eigenvalue weighted by molar-refractivity contribution is 6.34. The summed E-state index contributed by atoms with van der Waals surface area (Å²) in [5.41, 5.74) is 0.912. The number of carbonyl (C=O) groups excluding carboxylic acids is 1. The van der Waals surface area contributed by atoms with Crippen molar-refractivity contribution in [3.63, 3.8) is 0 Å². The molecule has 0 fully saturated rings. The fraction of sp³-hybridized carbons (Fsp3) is 0.100. The average molecular weight is 369 g/mol. The minimum absolute atomic E-state index is 0.0847. The summed E-state index contributed by atoms with van der Waals surface area (Å²) in [6.45, 7) is 3.89. The second-order valence-corrected chi connectivity index (χ2v) is 5.51. The molecule has 26 heavy (non-hydrogen) atoms. The van der Waals surface area contributed by atoms with E-state index < -0.39 is 5.91 Å². The Hall–Kier alpha value is -3.23. The third-order valence-corrected chi connectivity index (χ3v) is 3.69. The molecule has 0 atom stereocenters. The molecule has 0 aliphatic heterocycles. The number of methoxy groups -OCH3 is 1. The van der Waals surface area contributed by atoms with Gasteiger partial charge in [0.1, 0.15) is 29.7 Å². The Labute approximate surface area is 157 Å². The number of hydrogen-bond donors (Lipinski definition) is 1. The smallest absolute Gasteiger partial charge is 0.266 e.